The Morgan fingerprint density at radius 3 is 2.50 bits per heavy atom. The van der Waals surface area contributed by atoms with Gasteiger partial charge in [-0.2, -0.15) is 0 Å². The summed E-state index contributed by atoms with van der Waals surface area (Å²) in [5.74, 6) is 0.613. The van der Waals surface area contributed by atoms with E-state index in [1.54, 1.807) is 6.07 Å². The summed E-state index contributed by atoms with van der Waals surface area (Å²) < 4.78 is 10.6. The zero-order valence-electron chi connectivity index (χ0n) is 11.0. The average molecular weight is 254 g/mol. The molecule has 2 N–H and O–H groups in total. The fourth-order valence-corrected chi connectivity index (χ4v) is 1.60. The number of aliphatic hydroxyl groups excluding tert-OH is 2. The molecule has 2 atom stereocenters. The molecule has 0 aliphatic rings. The van der Waals surface area contributed by atoms with Gasteiger partial charge in [-0.3, -0.25) is 0 Å². The maximum absolute atomic E-state index is 9.85. The highest BCUT2D eigenvalue weighted by Gasteiger charge is 2.12. The van der Waals surface area contributed by atoms with E-state index >= 15 is 0 Å². The third-order valence-corrected chi connectivity index (χ3v) is 2.61. The van der Waals surface area contributed by atoms with Crippen molar-refractivity contribution in [2.75, 3.05) is 19.8 Å². The zero-order valence-corrected chi connectivity index (χ0v) is 11.0. The molecule has 1 aromatic rings. The molecular formula is C14H22O4. The minimum Gasteiger partial charge on any atom is -0.490 e. The minimum atomic E-state index is -0.656. The van der Waals surface area contributed by atoms with Crippen molar-refractivity contribution in [2.24, 2.45) is 0 Å². The van der Waals surface area contributed by atoms with Crippen LogP contribution in [0.4, 0.5) is 0 Å². The van der Waals surface area contributed by atoms with Crippen LogP contribution in [0.3, 0.4) is 0 Å². The van der Waals surface area contributed by atoms with Crippen molar-refractivity contribution in [2.45, 2.75) is 32.5 Å². The first-order chi connectivity index (χ1) is 8.69. The molecule has 1 rings (SSSR count). The SMILES string of the molecule is CCOCC(O)COc1ccccc1[C@H](O)CC. The van der Waals surface area contributed by atoms with Gasteiger partial charge >= 0.3 is 0 Å². The molecular weight excluding hydrogens is 232 g/mol. The van der Waals surface area contributed by atoms with Crippen LogP contribution in [0.15, 0.2) is 24.3 Å². The highest BCUT2D eigenvalue weighted by molar-refractivity contribution is 5.35. The van der Waals surface area contributed by atoms with Crippen LogP contribution >= 0.6 is 0 Å². The Kier molecular flexibility index (Phi) is 6.72. The maximum Gasteiger partial charge on any atom is 0.125 e. The normalized spacial score (nSPS) is 14.2. The molecule has 0 aliphatic carbocycles. The molecule has 102 valence electrons. The van der Waals surface area contributed by atoms with Gasteiger partial charge in [0.15, 0.2) is 0 Å². The first-order valence-corrected chi connectivity index (χ1v) is 6.34. The molecule has 0 amide bonds. The first-order valence-electron chi connectivity index (χ1n) is 6.34. The van der Waals surface area contributed by atoms with Crippen molar-refractivity contribution in [1.82, 2.24) is 0 Å². The van der Waals surface area contributed by atoms with Gasteiger partial charge < -0.3 is 19.7 Å². The smallest absolute Gasteiger partial charge is 0.125 e. The molecule has 0 bridgehead atoms. The Bertz CT molecular complexity index is 340. The van der Waals surface area contributed by atoms with E-state index in [0.29, 0.717) is 18.8 Å². The van der Waals surface area contributed by atoms with Gasteiger partial charge in [-0.05, 0) is 19.4 Å². The number of hydrogen-bond acceptors (Lipinski definition) is 4. The molecule has 18 heavy (non-hydrogen) atoms. The van der Waals surface area contributed by atoms with Crippen LogP contribution in [-0.4, -0.2) is 36.1 Å². The lowest BCUT2D eigenvalue weighted by atomic mass is 10.1. The van der Waals surface area contributed by atoms with Crippen LogP contribution < -0.4 is 4.74 Å². The Morgan fingerprint density at radius 2 is 1.83 bits per heavy atom. The van der Waals surface area contributed by atoms with Crippen LogP contribution in [-0.2, 0) is 4.74 Å². The molecule has 0 fully saturated rings. The van der Waals surface area contributed by atoms with Crippen molar-refractivity contribution in [3.63, 3.8) is 0 Å². The monoisotopic (exact) mass is 254 g/mol. The maximum atomic E-state index is 9.85. The fraction of sp³-hybridized carbons (Fsp3) is 0.571. The van der Waals surface area contributed by atoms with Gasteiger partial charge in [-0.1, -0.05) is 25.1 Å². The van der Waals surface area contributed by atoms with Crippen molar-refractivity contribution in [3.8, 4) is 5.75 Å². The second kappa shape index (κ2) is 8.08. The van der Waals surface area contributed by atoms with E-state index in [4.69, 9.17) is 9.47 Å². The van der Waals surface area contributed by atoms with Crippen molar-refractivity contribution < 1.29 is 19.7 Å². The van der Waals surface area contributed by atoms with Gasteiger partial charge in [0.2, 0.25) is 0 Å². The summed E-state index contributed by atoms with van der Waals surface area (Å²) in [6, 6.07) is 7.33. The Labute approximate surface area is 108 Å². The minimum absolute atomic E-state index is 0.160. The Balaban J connectivity index is 2.56. The summed E-state index contributed by atoms with van der Waals surface area (Å²) in [6.07, 6.45) is -0.566. The average Bonchev–Trinajstić information content (AvgIpc) is 2.42. The number of hydrogen-bond donors (Lipinski definition) is 2. The van der Waals surface area contributed by atoms with Gasteiger partial charge in [-0.25, -0.2) is 0 Å². The van der Waals surface area contributed by atoms with Crippen LogP contribution in [0.1, 0.15) is 31.9 Å². The van der Waals surface area contributed by atoms with Crippen LogP contribution in [0.2, 0.25) is 0 Å². The highest BCUT2D eigenvalue weighted by Crippen LogP contribution is 2.26. The van der Waals surface area contributed by atoms with Crippen LogP contribution in [0, 0.1) is 0 Å². The van der Waals surface area contributed by atoms with E-state index in [1.807, 2.05) is 32.0 Å². The van der Waals surface area contributed by atoms with Crippen LogP contribution in [0.5, 0.6) is 5.75 Å². The van der Waals surface area contributed by atoms with Gasteiger partial charge in [-0.15, -0.1) is 0 Å². The lowest BCUT2D eigenvalue weighted by Crippen LogP contribution is -2.23. The topological polar surface area (TPSA) is 58.9 Å². The standard InChI is InChI=1S/C14H22O4/c1-3-13(16)12-7-5-6-8-14(12)18-10-11(15)9-17-4-2/h5-8,11,13,15-16H,3-4,9-10H2,1-2H3/t11?,13-/m1/s1. The van der Waals surface area contributed by atoms with Crippen LogP contribution in [0.25, 0.3) is 0 Å². The van der Waals surface area contributed by atoms with Gasteiger partial charge in [0.05, 0.1) is 12.7 Å². The molecule has 0 saturated carbocycles. The summed E-state index contributed by atoms with van der Waals surface area (Å²) in [4.78, 5) is 0. The number of benzene rings is 1. The molecule has 0 heterocycles. The third kappa shape index (κ3) is 4.64. The van der Waals surface area contributed by atoms with E-state index in [9.17, 15) is 10.2 Å². The highest BCUT2D eigenvalue weighted by atomic mass is 16.5. The van der Waals surface area contributed by atoms with Gasteiger partial charge in [0.1, 0.15) is 18.5 Å². The summed E-state index contributed by atoms with van der Waals surface area (Å²) in [5.41, 5.74) is 0.753. The van der Waals surface area contributed by atoms with Crippen molar-refractivity contribution in [3.05, 3.63) is 29.8 Å². The quantitative estimate of drug-likeness (QED) is 0.744. The Hall–Kier alpha value is -1.10. The first kappa shape index (κ1) is 15.0. The van der Waals surface area contributed by atoms with E-state index in [2.05, 4.69) is 0 Å². The van der Waals surface area contributed by atoms with E-state index in [0.717, 1.165) is 5.56 Å². The number of para-hydroxylation sites is 1. The molecule has 0 aromatic heterocycles. The molecule has 0 radical (unpaired) electrons. The largest absolute Gasteiger partial charge is 0.490 e. The molecule has 0 aliphatic heterocycles. The molecule has 1 unspecified atom stereocenters. The second-order valence-corrected chi connectivity index (χ2v) is 4.09. The second-order valence-electron chi connectivity index (χ2n) is 4.09. The number of ether oxygens (including phenoxy) is 2. The predicted octanol–water partition coefficient (Wildman–Crippen LogP) is 1.91. The summed E-state index contributed by atoms with van der Waals surface area (Å²) in [6.45, 7) is 4.77. The van der Waals surface area contributed by atoms with Crippen molar-refractivity contribution in [1.29, 1.82) is 0 Å². The summed E-state index contributed by atoms with van der Waals surface area (Å²) >= 11 is 0. The third-order valence-electron chi connectivity index (χ3n) is 2.61. The predicted molar refractivity (Wildman–Crippen MR) is 69.7 cm³/mol. The summed E-state index contributed by atoms with van der Waals surface area (Å²) in [7, 11) is 0. The van der Waals surface area contributed by atoms with Gasteiger partial charge in [0, 0.05) is 12.2 Å². The molecule has 4 nitrogen and oxygen atoms in total. The van der Waals surface area contributed by atoms with Gasteiger partial charge in [0.25, 0.3) is 0 Å². The molecule has 0 spiro atoms. The zero-order chi connectivity index (χ0) is 13.4. The molecule has 0 saturated heterocycles. The fourth-order valence-electron chi connectivity index (χ4n) is 1.60. The Morgan fingerprint density at radius 1 is 1.11 bits per heavy atom. The van der Waals surface area contributed by atoms with Crippen molar-refractivity contribution >= 4 is 0 Å². The van der Waals surface area contributed by atoms with E-state index < -0.39 is 12.2 Å². The van der Waals surface area contributed by atoms with E-state index in [-0.39, 0.29) is 13.2 Å². The lowest BCUT2D eigenvalue weighted by Gasteiger charge is -2.17. The van der Waals surface area contributed by atoms with E-state index in [1.165, 1.54) is 0 Å². The molecule has 1 aromatic carbocycles. The molecule has 4 heteroatoms. The lowest BCUT2D eigenvalue weighted by molar-refractivity contribution is 0.0157. The summed E-state index contributed by atoms with van der Waals surface area (Å²) in [5, 5.41) is 19.5. The number of rotatable bonds is 8. The number of aliphatic hydroxyl groups is 2.